The topological polar surface area (TPSA) is 81.4 Å². The van der Waals surface area contributed by atoms with Gasteiger partial charge in [0.15, 0.2) is 0 Å². The Morgan fingerprint density at radius 1 is 1.39 bits per heavy atom. The number of hydrogen-bond acceptors (Lipinski definition) is 4. The van der Waals surface area contributed by atoms with E-state index < -0.39 is 0 Å². The predicted molar refractivity (Wildman–Crippen MR) is 69.2 cm³/mol. The first-order valence-electron chi connectivity index (χ1n) is 5.67. The van der Waals surface area contributed by atoms with E-state index in [0.717, 1.165) is 5.56 Å². The van der Waals surface area contributed by atoms with Crippen LogP contribution >= 0.6 is 0 Å². The number of nitrogens with two attached hydrogens (primary N) is 1. The third-order valence-electron chi connectivity index (χ3n) is 2.44. The fraction of sp³-hybridized carbons (Fsp3) is 0.385. The molecule has 1 unspecified atom stereocenters. The number of ether oxygens (including phenoxy) is 1. The molecular weight excluding hydrogens is 232 g/mol. The van der Waals surface area contributed by atoms with Crippen LogP contribution in [0.1, 0.15) is 29.3 Å². The van der Waals surface area contributed by atoms with E-state index in [0.29, 0.717) is 11.3 Å². The van der Waals surface area contributed by atoms with Crippen molar-refractivity contribution in [1.29, 1.82) is 0 Å². The number of benzene rings is 1. The van der Waals surface area contributed by atoms with Gasteiger partial charge in [0.1, 0.15) is 0 Å². The highest BCUT2D eigenvalue weighted by Crippen LogP contribution is 2.11. The number of hydrogen-bond donors (Lipinski definition) is 2. The Kier molecular flexibility index (Phi) is 4.71. The molecular formula is C13H18N2O3. The maximum absolute atomic E-state index is 11.9. The molecule has 0 aliphatic rings. The molecule has 0 aliphatic heterocycles. The van der Waals surface area contributed by atoms with Crippen LogP contribution in [-0.2, 0) is 9.53 Å². The molecule has 0 aromatic heterocycles. The van der Waals surface area contributed by atoms with Crippen LogP contribution in [0.15, 0.2) is 18.2 Å². The average molecular weight is 250 g/mol. The van der Waals surface area contributed by atoms with Gasteiger partial charge in [-0.2, -0.15) is 0 Å². The monoisotopic (exact) mass is 250 g/mol. The molecule has 0 fully saturated rings. The Labute approximate surface area is 106 Å². The Hall–Kier alpha value is -2.04. The van der Waals surface area contributed by atoms with Crippen LogP contribution in [0, 0.1) is 6.92 Å². The first-order valence-corrected chi connectivity index (χ1v) is 5.67. The Morgan fingerprint density at radius 3 is 2.61 bits per heavy atom. The number of esters is 1. The molecule has 5 nitrogen and oxygen atoms in total. The summed E-state index contributed by atoms with van der Waals surface area (Å²) in [7, 11) is 1.32. The summed E-state index contributed by atoms with van der Waals surface area (Å²) in [4.78, 5) is 23.0. The number of nitrogens with one attached hydrogen (secondary N) is 1. The zero-order valence-corrected chi connectivity index (χ0v) is 10.8. The second-order valence-electron chi connectivity index (χ2n) is 4.29. The minimum absolute atomic E-state index is 0.142. The number of methoxy groups -OCH3 is 1. The summed E-state index contributed by atoms with van der Waals surface area (Å²) in [5, 5.41) is 2.72. The number of amides is 1. The Morgan fingerprint density at radius 2 is 2.06 bits per heavy atom. The van der Waals surface area contributed by atoms with Gasteiger partial charge in [-0.1, -0.05) is 0 Å². The molecule has 98 valence electrons. The molecule has 0 spiro atoms. The summed E-state index contributed by atoms with van der Waals surface area (Å²) in [6, 6.07) is 4.85. The Bertz CT molecular complexity index is 437. The summed E-state index contributed by atoms with van der Waals surface area (Å²) in [5.74, 6) is -0.603. The first-order chi connectivity index (χ1) is 8.42. The van der Waals surface area contributed by atoms with Crippen molar-refractivity contribution in [2.45, 2.75) is 26.3 Å². The lowest BCUT2D eigenvalue weighted by Gasteiger charge is -2.13. The number of aryl methyl sites for hydroxylation is 1. The van der Waals surface area contributed by atoms with E-state index >= 15 is 0 Å². The zero-order valence-electron chi connectivity index (χ0n) is 10.8. The molecule has 0 saturated heterocycles. The lowest BCUT2D eigenvalue weighted by molar-refractivity contribution is -0.141. The van der Waals surface area contributed by atoms with Crippen LogP contribution in [0.2, 0.25) is 0 Å². The van der Waals surface area contributed by atoms with Gasteiger partial charge < -0.3 is 15.8 Å². The van der Waals surface area contributed by atoms with Gasteiger partial charge in [0.05, 0.1) is 13.5 Å². The standard InChI is InChI=1S/C13H18N2O3/c1-8-4-10(7-11(14)5-8)13(17)15-9(2)6-12(16)18-3/h4-5,7,9H,6,14H2,1-3H3,(H,15,17). The summed E-state index contributed by atoms with van der Waals surface area (Å²) in [6.07, 6.45) is 0.142. The second kappa shape index (κ2) is 6.05. The van der Waals surface area contributed by atoms with Crippen molar-refractivity contribution >= 4 is 17.6 Å². The molecule has 0 radical (unpaired) electrons. The summed E-state index contributed by atoms with van der Waals surface area (Å²) >= 11 is 0. The van der Waals surface area contributed by atoms with Crippen molar-refractivity contribution in [1.82, 2.24) is 5.32 Å². The van der Waals surface area contributed by atoms with E-state index in [1.165, 1.54) is 7.11 Å². The first kappa shape index (κ1) is 14.0. The SMILES string of the molecule is COC(=O)CC(C)NC(=O)c1cc(C)cc(N)c1. The van der Waals surface area contributed by atoms with Crippen LogP contribution in [-0.4, -0.2) is 25.0 Å². The van der Waals surface area contributed by atoms with Crippen LogP contribution in [0.25, 0.3) is 0 Å². The second-order valence-corrected chi connectivity index (χ2v) is 4.29. The molecule has 1 aromatic rings. The van der Waals surface area contributed by atoms with E-state index in [1.807, 2.05) is 6.92 Å². The van der Waals surface area contributed by atoms with E-state index in [-0.39, 0.29) is 24.3 Å². The number of carbonyl (C=O) groups is 2. The van der Waals surface area contributed by atoms with Crippen LogP contribution < -0.4 is 11.1 Å². The van der Waals surface area contributed by atoms with Crippen molar-refractivity contribution < 1.29 is 14.3 Å². The largest absolute Gasteiger partial charge is 0.469 e. The lowest BCUT2D eigenvalue weighted by Crippen LogP contribution is -2.34. The van der Waals surface area contributed by atoms with Gasteiger partial charge in [0.25, 0.3) is 5.91 Å². The molecule has 1 rings (SSSR count). The fourth-order valence-corrected chi connectivity index (χ4v) is 1.64. The molecule has 1 atom stereocenters. The third kappa shape index (κ3) is 4.08. The molecule has 1 amide bonds. The minimum atomic E-state index is -0.355. The quantitative estimate of drug-likeness (QED) is 0.622. The molecule has 1 aromatic carbocycles. The highest BCUT2D eigenvalue weighted by molar-refractivity contribution is 5.95. The predicted octanol–water partition coefficient (Wildman–Crippen LogP) is 1.26. The molecule has 0 saturated carbocycles. The minimum Gasteiger partial charge on any atom is -0.469 e. The zero-order chi connectivity index (χ0) is 13.7. The number of carbonyl (C=O) groups excluding carboxylic acids is 2. The van der Waals surface area contributed by atoms with Crippen LogP contribution in [0.3, 0.4) is 0 Å². The van der Waals surface area contributed by atoms with E-state index in [2.05, 4.69) is 10.1 Å². The highest BCUT2D eigenvalue weighted by atomic mass is 16.5. The fourth-order valence-electron chi connectivity index (χ4n) is 1.64. The smallest absolute Gasteiger partial charge is 0.307 e. The Balaban J connectivity index is 2.67. The van der Waals surface area contributed by atoms with Gasteiger partial charge in [-0.15, -0.1) is 0 Å². The van der Waals surface area contributed by atoms with Gasteiger partial charge in [-0.05, 0) is 37.6 Å². The summed E-state index contributed by atoms with van der Waals surface area (Å²) in [5.41, 5.74) is 7.63. The number of anilines is 1. The molecule has 5 heteroatoms. The molecule has 0 heterocycles. The summed E-state index contributed by atoms with van der Waals surface area (Å²) in [6.45, 7) is 3.61. The van der Waals surface area contributed by atoms with Gasteiger partial charge in [0, 0.05) is 17.3 Å². The van der Waals surface area contributed by atoms with Gasteiger partial charge in [0.2, 0.25) is 0 Å². The van der Waals surface area contributed by atoms with Crippen molar-refractivity contribution in [3.05, 3.63) is 29.3 Å². The van der Waals surface area contributed by atoms with Crippen molar-refractivity contribution in [2.24, 2.45) is 0 Å². The number of nitrogen functional groups attached to an aromatic ring is 1. The van der Waals surface area contributed by atoms with E-state index in [1.54, 1.807) is 25.1 Å². The van der Waals surface area contributed by atoms with Gasteiger partial charge in [-0.25, -0.2) is 0 Å². The highest BCUT2D eigenvalue weighted by Gasteiger charge is 2.13. The lowest BCUT2D eigenvalue weighted by atomic mass is 10.1. The maximum atomic E-state index is 11.9. The third-order valence-corrected chi connectivity index (χ3v) is 2.44. The van der Waals surface area contributed by atoms with E-state index in [4.69, 9.17) is 5.73 Å². The van der Waals surface area contributed by atoms with Crippen molar-refractivity contribution in [2.75, 3.05) is 12.8 Å². The number of rotatable bonds is 4. The molecule has 18 heavy (non-hydrogen) atoms. The van der Waals surface area contributed by atoms with Crippen LogP contribution in [0.5, 0.6) is 0 Å². The van der Waals surface area contributed by atoms with Gasteiger partial charge >= 0.3 is 5.97 Å². The average Bonchev–Trinajstić information content (AvgIpc) is 2.27. The van der Waals surface area contributed by atoms with Gasteiger partial charge in [-0.3, -0.25) is 9.59 Å². The normalized spacial score (nSPS) is 11.7. The maximum Gasteiger partial charge on any atom is 0.307 e. The molecule has 0 bridgehead atoms. The molecule has 0 aliphatic carbocycles. The van der Waals surface area contributed by atoms with Crippen LogP contribution in [0.4, 0.5) is 5.69 Å². The summed E-state index contributed by atoms with van der Waals surface area (Å²) < 4.78 is 4.54. The van der Waals surface area contributed by atoms with E-state index in [9.17, 15) is 9.59 Å². The van der Waals surface area contributed by atoms with Crippen molar-refractivity contribution in [3.63, 3.8) is 0 Å². The van der Waals surface area contributed by atoms with Crippen molar-refractivity contribution in [3.8, 4) is 0 Å². The molecule has 3 N–H and O–H groups in total.